The average Bonchev–Trinajstić information content (AvgIpc) is 3.32. The molecule has 1 N–H and O–H groups in total. The Morgan fingerprint density at radius 1 is 1.43 bits per heavy atom. The summed E-state index contributed by atoms with van der Waals surface area (Å²) < 4.78 is 12.9. The Kier molecular flexibility index (Phi) is 5.12. The maximum absolute atomic E-state index is 5.73. The normalized spacial score (nSPS) is 22.5. The number of guanidine groups is 1. The molecular formula is C15H26N6O2. The van der Waals surface area contributed by atoms with E-state index in [4.69, 9.17) is 14.5 Å². The van der Waals surface area contributed by atoms with Gasteiger partial charge in [-0.2, -0.15) is 0 Å². The first-order valence-corrected chi connectivity index (χ1v) is 8.18. The highest BCUT2D eigenvalue weighted by molar-refractivity contribution is 5.80. The van der Waals surface area contributed by atoms with Crippen molar-refractivity contribution in [1.82, 2.24) is 25.0 Å². The number of aromatic nitrogens is 3. The van der Waals surface area contributed by atoms with Crippen molar-refractivity contribution in [3.05, 3.63) is 11.6 Å². The van der Waals surface area contributed by atoms with Crippen LogP contribution in [-0.2, 0) is 23.1 Å². The fraction of sp³-hybridized carbons (Fsp3) is 0.800. The predicted octanol–water partition coefficient (Wildman–Crippen LogP) is 0.0787. The Hall–Kier alpha value is -1.67. The topological polar surface area (TPSA) is 76.8 Å². The summed E-state index contributed by atoms with van der Waals surface area (Å²) in [5.41, 5.74) is 0. The van der Waals surface area contributed by atoms with Gasteiger partial charge in [0.25, 0.3) is 0 Å². The van der Waals surface area contributed by atoms with E-state index in [1.165, 1.54) is 12.8 Å². The largest absolute Gasteiger partial charge is 0.382 e. The van der Waals surface area contributed by atoms with Crippen molar-refractivity contribution >= 4 is 5.96 Å². The molecule has 8 heteroatoms. The van der Waals surface area contributed by atoms with Crippen molar-refractivity contribution in [2.24, 2.45) is 12.0 Å². The van der Waals surface area contributed by atoms with Crippen LogP contribution >= 0.6 is 0 Å². The molecule has 1 saturated carbocycles. The van der Waals surface area contributed by atoms with Gasteiger partial charge in [0.1, 0.15) is 12.4 Å². The van der Waals surface area contributed by atoms with Crippen LogP contribution in [0, 0.1) is 6.92 Å². The van der Waals surface area contributed by atoms with Gasteiger partial charge in [-0.25, -0.2) is 4.99 Å². The molecule has 1 aliphatic carbocycles. The van der Waals surface area contributed by atoms with Crippen LogP contribution in [0.15, 0.2) is 4.99 Å². The molecular weight excluding hydrogens is 296 g/mol. The van der Waals surface area contributed by atoms with Crippen molar-refractivity contribution in [3.63, 3.8) is 0 Å². The summed E-state index contributed by atoms with van der Waals surface area (Å²) in [4.78, 5) is 7.04. The number of ether oxygens (including phenoxy) is 2. The van der Waals surface area contributed by atoms with Crippen LogP contribution in [0.1, 0.15) is 24.5 Å². The highest BCUT2D eigenvalue weighted by atomic mass is 16.5. The molecule has 2 heterocycles. The van der Waals surface area contributed by atoms with Gasteiger partial charge in [0.15, 0.2) is 11.8 Å². The highest BCUT2D eigenvalue weighted by Crippen LogP contribution is 2.19. The van der Waals surface area contributed by atoms with Gasteiger partial charge >= 0.3 is 0 Å². The quantitative estimate of drug-likeness (QED) is 0.611. The van der Waals surface area contributed by atoms with E-state index < -0.39 is 0 Å². The molecule has 1 aromatic heterocycles. The van der Waals surface area contributed by atoms with E-state index in [0.717, 1.165) is 30.7 Å². The third-order valence-electron chi connectivity index (χ3n) is 4.25. The summed E-state index contributed by atoms with van der Waals surface area (Å²) >= 11 is 0. The number of aryl methyl sites for hydroxylation is 1. The van der Waals surface area contributed by atoms with Gasteiger partial charge in [0.2, 0.25) is 0 Å². The Balaban J connectivity index is 1.68. The molecule has 2 fully saturated rings. The van der Waals surface area contributed by atoms with E-state index in [1.807, 2.05) is 18.5 Å². The van der Waals surface area contributed by atoms with Gasteiger partial charge in [-0.15, -0.1) is 10.2 Å². The van der Waals surface area contributed by atoms with Crippen molar-refractivity contribution in [3.8, 4) is 0 Å². The second-order valence-corrected chi connectivity index (χ2v) is 6.18. The van der Waals surface area contributed by atoms with Crippen LogP contribution in [0.5, 0.6) is 0 Å². The Labute approximate surface area is 136 Å². The summed E-state index contributed by atoms with van der Waals surface area (Å²) in [6.07, 6.45) is 2.53. The monoisotopic (exact) mass is 322 g/mol. The van der Waals surface area contributed by atoms with Crippen molar-refractivity contribution in [2.75, 3.05) is 33.4 Å². The van der Waals surface area contributed by atoms with Gasteiger partial charge in [-0.05, 0) is 19.8 Å². The lowest BCUT2D eigenvalue weighted by molar-refractivity contribution is -0.0447. The lowest BCUT2D eigenvalue weighted by atomic mass is 10.3. The fourth-order valence-electron chi connectivity index (χ4n) is 2.58. The van der Waals surface area contributed by atoms with Gasteiger partial charge < -0.3 is 24.3 Å². The smallest absolute Gasteiger partial charge is 0.194 e. The summed E-state index contributed by atoms with van der Waals surface area (Å²) in [5, 5.41) is 11.8. The van der Waals surface area contributed by atoms with E-state index in [-0.39, 0.29) is 6.10 Å². The van der Waals surface area contributed by atoms with Gasteiger partial charge in [-0.1, -0.05) is 0 Å². The minimum absolute atomic E-state index is 0.0945. The number of rotatable bonds is 5. The molecule has 0 spiro atoms. The van der Waals surface area contributed by atoms with Crippen molar-refractivity contribution in [1.29, 1.82) is 0 Å². The van der Waals surface area contributed by atoms with Crippen LogP contribution in [0.2, 0.25) is 0 Å². The first-order valence-electron chi connectivity index (χ1n) is 8.18. The maximum Gasteiger partial charge on any atom is 0.194 e. The highest BCUT2D eigenvalue weighted by Gasteiger charge is 2.28. The van der Waals surface area contributed by atoms with Crippen LogP contribution in [0.25, 0.3) is 0 Å². The minimum atomic E-state index is 0.0945. The lowest BCUT2D eigenvalue weighted by Crippen LogP contribution is -2.52. The fourth-order valence-corrected chi connectivity index (χ4v) is 2.58. The third kappa shape index (κ3) is 4.20. The SMILES string of the molecule is COCC1CN(C(=NCc2nnc(C)n2C)NC2CC2)CCO1. The average molecular weight is 322 g/mol. The summed E-state index contributed by atoms with van der Waals surface area (Å²) in [6, 6.07) is 0.554. The first-order chi connectivity index (χ1) is 11.2. The maximum atomic E-state index is 5.73. The van der Waals surface area contributed by atoms with Crippen LogP contribution < -0.4 is 5.32 Å². The second kappa shape index (κ2) is 7.27. The molecule has 1 aromatic rings. The van der Waals surface area contributed by atoms with Crippen LogP contribution in [-0.4, -0.2) is 71.2 Å². The number of morpholine rings is 1. The Morgan fingerprint density at radius 2 is 2.26 bits per heavy atom. The summed E-state index contributed by atoms with van der Waals surface area (Å²) in [6.45, 7) is 5.42. The lowest BCUT2D eigenvalue weighted by Gasteiger charge is -2.35. The van der Waals surface area contributed by atoms with Crippen molar-refractivity contribution in [2.45, 2.75) is 38.5 Å². The molecule has 1 atom stereocenters. The number of hydrogen-bond donors (Lipinski definition) is 1. The van der Waals surface area contributed by atoms with Crippen LogP contribution in [0.4, 0.5) is 0 Å². The molecule has 1 aliphatic heterocycles. The number of methoxy groups -OCH3 is 1. The van der Waals surface area contributed by atoms with Gasteiger partial charge in [0, 0.05) is 33.3 Å². The molecule has 23 heavy (non-hydrogen) atoms. The molecule has 1 unspecified atom stereocenters. The molecule has 3 rings (SSSR count). The molecule has 0 bridgehead atoms. The standard InChI is InChI=1S/C15H26N6O2/c1-11-18-19-14(20(11)2)8-16-15(17-12-4-5-12)21-6-7-23-13(9-21)10-22-3/h12-13H,4-10H2,1-3H3,(H,16,17). The van der Waals surface area contributed by atoms with E-state index in [2.05, 4.69) is 20.4 Å². The number of hydrogen-bond acceptors (Lipinski definition) is 5. The summed E-state index contributed by atoms with van der Waals surface area (Å²) in [5.74, 6) is 2.72. The molecule has 0 amide bonds. The molecule has 2 aliphatic rings. The van der Waals surface area contributed by atoms with E-state index >= 15 is 0 Å². The molecule has 0 aromatic carbocycles. The zero-order valence-corrected chi connectivity index (χ0v) is 14.2. The number of nitrogens with zero attached hydrogens (tertiary/aromatic N) is 5. The first kappa shape index (κ1) is 16.2. The third-order valence-corrected chi connectivity index (χ3v) is 4.25. The number of nitrogens with one attached hydrogen (secondary N) is 1. The molecule has 0 radical (unpaired) electrons. The Morgan fingerprint density at radius 3 is 2.91 bits per heavy atom. The molecule has 1 saturated heterocycles. The van der Waals surface area contributed by atoms with E-state index in [1.54, 1.807) is 7.11 Å². The zero-order valence-electron chi connectivity index (χ0n) is 14.2. The Bertz CT molecular complexity index is 552. The van der Waals surface area contributed by atoms with E-state index in [0.29, 0.717) is 25.8 Å². The van der Waals surface area contributed by atoms with Crippen LogP contribution in [0.3, 0.4) is 0 Å². The van der Waals surface area contributed by atoms with Crippen molar-refractivity contribution < 1.29 is 9.47 Å². The van der Waals surface area contributed by atoms with Gasteiger partial charge in [-0.3, -0.25) is 0 Å². The molecule has 8 nitrogen and oxygen atoms in total. The minimum Gasteiger partial charge on any atom is -0.382 e. The predicted molar refractivity (Wildman–Crippen MR) is 86.2 cm³/mol. The van der Waals surface area contributed by atoms with E-state index in [9.17, 15) is 0 Å². The summed E-state index contributed by atoms with van der Waals surface area (Å²) in [7, 11) is 3.67. The number of aliphatic imine (C=N–C) groups is 1. The van der Waals surface area contributed by atoms with Gasteiger partial charge in [0.05, 0.1) is 19.3 Å². The zero-order chi connectivity index (χ0) is 16.2. The molecule has 128 valence electrons. The second-order valence-electron chi connectivity index (χ2n) is 6.18.